The fourth-order valence-corrected chi connectivity index (χ4v) is 1.51. The molecule has 0 radical (unpaired) electrons. The van der Waals surface area contributed by atoms with Gasteiger partial charge in [-0.15, -0.1) is 0 Å². The van der Waals surface area contributed by atoms with Crippen LogP contribution >= 0.6 is 0 Å². The van der Waals surface area contributed by atoms with Crippen LogP contribution in [0.2, 0.25) is 0 Å². The molecule has 1 aliphatic heterocycles. The van der Waals surface area contributed by atoms with Crippen LogP contribution in [-0.2, 0) is 11.3 Å². The van der Waals surface area contributed by atoms with Gasteiger partial charge in [0.05, 0.1) is 0 Å². The van der Waals surface area contributed by atoms with E-state index in [4.69, 9.17) is 15.2 Å². The van der Waals surface area contributed by atoms with Crippen molar-refractivity contribution in [2.75, 3.05) is 19.9 Å². The second-order valence-corrected chi connectivity index (χ2v) is 3.53. The Morgan fingerprint density at radius 2 is 2.24 bits per heavy atom. The van der Waals surface area contributed by atoms with Gasteiger partial charge in [0.1, 0.15) is 6.61 Å². The highest BCUT2D eigenvalue weighted by Gasteiger charge is 2.12. The molecule has 1 aromatic carbocycles. The highest BCUT2D eigenvalue weighted by atomic mass is 16.7. The molecule has 0 atom stereocenters. The van der Waals surface area contributed by atoms with E-state index < -0.39 is 6.09 Å². The van der Waals surface area contributed by atoms with Gasteiger partial charge in [0.15, 0.2) is 11.5 Å². The van der Waals surface area contributed by atoms with Gasteiger partial charge in [0.25, 0.3) is 0 Å². The van der Waals surface area contributed by atoms with Crippen molar-refractivity contribution in [3.8, 4) is 11.5 Å². The van der Waals surface area contributed by atoms with Crippen molar-refractivity contribution in [1.82, 2.24) is 5.32 Å². The standard InChI is InChI=1S/C11H14N2O4/c12-11(14)15-4-3-13-6-8-1-2-9-10(5-8)17-7-16-9/h1-2,5,13H,3-4,6-7H2,(H2,12,14). The molecule has 3 N–H and O–H groups in total. The number of nitrogens with two attached hydrogens (primary N) is 1. The molecule has 2 rings (SSSR count). The van der Waals surface area contributed by atoms with Crippen LogP contribution in [0.4, 0.5) is 4.79 Å². The molecule has 1 aromatic rings. The van der Waals surface area contributed by atoms with Crippen molar-refractivity contribution in [2.24, 2.45) is 5.73 Å². The van der Waals surface area contributed by atoms with Gasteiger partial charge in [-0.1, -0.05) is 6.07 Å². The van der Waals surface area contributed by atoms with E-state index >= 15 is 0 Å². The Kier molecular flexibility index (Phi) is 3.66. The molecule has 0 saturated heterocycles. The molecule has 1 aliphatic rings. The van der Waals surface area contributed by atoms with E-state index in [1.165, 1.54) is 0 Å². The predicted octanol–water partition coefficient (Wildman–Crippen LogP) is 0.600. The number of carbonyl (C=O) groups is 1. The van der Waals surface area contributed by atoms with Crippen LogP contribution in [0.1, 0.15) is 5.56 Å². The third kappa shape index (κ3) is 3.25. The maximum Gasteiger partial charge on any atom is 0.404 e. The van der Waals surface area contributed by atoms with Gasteiger partial charge in [0, 0.05) is 13.1 Å². The van der Waals surface area contributed by atoms with Crippen LogP contribution < -0.4 is 20.5 Å². The van der Waals surface area contributed by atoms with Gasteiger partial charge in [-0.05, 0) is 17.7 Å². The van der Waals surface area contributed by atoms with Gasteiger partial charge < -0.3 is 25.3 Å². The van der Waals surface area contributed by atoms with E-state index in [2.05, 4.69) is 10.1 Å². The molecule has 1 amide bonds. The molecule has 0 saturated carbocycles. The van der Waals surface area contributed by atoms with Crippen molar-refractivity contribution in [3.63, 3.8) is 0 Å². The maximum atomic E-state index is 10.3. The molecule has 0 unspecified atom stereocenters. The molecule has 0 aliphatic carbocycles. The lowest BCUT2D eigenvalue weighted by molar-refractivity contribution is 0.157. The Hall–Kier alpha value is -1.95. The molecule has 6 nitrogen and oxygen atoms in total. The van der Waals surface area contributed by atoms with Crippen molar-refractivity contribution >= 4 is 6.09 Å². The first-order valence-electron chi connectivity index (χ1n) is 5.27. The van der Waals surface area contributed by atoms with E-state index in [1.54, 1.807) is 0 Å². The molecule has 6 heteroatoms. The summed E-state index contributed by atoms with van der Waals surface area (Å²) in [5.74, 6) is 1.53. The van der Waals surface area contributed by atoms with Gasteiger partial charge in [0.2, 0.25) is 6.79 Å². The summed E-state index contributed by atoms with van der Waals surface area (Å²) >= 11 is 0. The topological polar surface area (TPSA) is 82.8 Å². The van der Waals surface area contributed by atoms with Crippen molar-refractivity contribution in [1.29, 1.82) is 0 Å². The van der Waals surface area contributed by atoms with Crippen LogP contribution in [0.3, 0.4) is 0 Å². The zero-order valence-electron chi connectivity index (χ0n) is 9.27. The number of benzene rings is 1. The number of primary amides is 1. The first kappa shape index (κ1) is 11.5. The third-order valence-electron chi connectivity index (χ3n) is 2.29. The number of hydrogen-bond acceptors (Lipinski definition) is 5. The van der Waals surface area contributed by atoms with Crippen LogP contribution in [0.15, 0.2) is 18.2 Å². The summed E-state index contributed by atoms with van der Waals surface area (Å²) in [5.41, 5.74) is 5.91. The quantitative estimate of drug-likeness (QED) is 0.734. The average Bonchev–Trinajstić information content (AvgIpc) is 2.75. The minimum absolute atomic E-state index is 0.264. The van der Waals surface area contributed by atoms with Crippen LogP contribution in [0.5, 0.6) is 11.5 Å². The number of fused-ring (bicyclic) bond motifs is 1. The summed E-state index contributed by atoms with van der Waals surface area (Å²) in [4.78, 5) is 10.3. The lowest BCUT2D eigenvalue weighted by Gasteiger charge is -2.05. The van der Waals surface area contributed by atoms with E-state index in [0.717, 1.165) is 17.1 Å². The third-order valence-corrected chi connectivity index (χ3v) is 2.29. The second kappa shape index (κ2) is 5.40. The molecule has 17 heavy (non-hydrogen) atoms. The Bertz CT molecular complexity index is 408. The fraction of sp³-hybridized carbons (Fsp3) is 0.364. The molecule has 0 spiro atoms. The van der Waals surface area contributed by atoms with Gasteiger partial charge in [-0.3, -0.25) is 0 Å². The van der Waals surface area contributed by atoms with Crippen molar-refractivity contribution < 1.29 is 19.0 Å². The van der Waals surface area contributed by atoms with E-state index in [0.29, 0.717) is 13.1 Å². The predicted molar refractivity (Wildman–Crippen MR) is 59.8 cm³/mol. The molecule has 0 fully saturated rings. The Morgan fingerprint density at radius 3 is 3.06 bits per heavy atom. The summed E-state index contributed by atoms with van der Waals surface area (Å²) in [7, 11) is 0. The van der Waals surface area contributed by atoms with E-state index in [1.807, 2.05) is 18.2 Å². The Labute approximate surface area is 98.6 Å². The first-order chi connectivity index (χ1) is 8.25. The van der Waals surface area contributed by atoms with Crippen LogP contribution in [0.25, 0.3) is 0 Å². The van der Waals surface area contributed by atoms with Gasteiger partial charge in [-0.2, -0.15) is 0 Å². The highest BCUT2D eigenvalue weighted by Crippen LogP contribution is 2.32. The maximum absolute atomic E-state index is 10.3. The molecule has 92 valence electrons. The molecular formula is C11H14N2O4. The summed E-state index contributed by atoms with van der Waals surface area (Å²) in [6.45, 7) is 1.76. The highest BCUT2D eigenvalue weighted by molar-refractivity contribution is 5.64. The summed E-state index contributed by atoms with van der Waals surface area (Å²) in [6, 6.07) is 5.75. The Balaban J connectivity index is 1.74. The van der Waals surface area contributed by atoms with Crippen LogP contribution in [-0.4, -0.2) is 26.0 Å². The number of nitrogens with one attached hydrogen (secondary N) is 1. The minimum Gasteiger partial charge on any atom is -0.454 e. The monoisotopic (exact) mass is 238 g/mol. The molecule has 1 heterocycles. The van der Waals surface area contributed by atoms with Crippen molar-refractivity contribution in [2.45, 2.75) is 6.54 Å². The summed E-state index contributed by atoms with van der Waals surface area (Å²) in [6.07, 6.45) is -0.755. The minimum atomic E-state index is -0.755. The number of amides is 1. The lowest BCUT2D eigenvalue weighted by Crippen LogP contribution is -2.23. The smallest absolute Gasteiger partial charge is 0.404 e. The molecule has 0 bridgehead atoms. The zero-order chi connectivity index (χ0) is 12.1. The number of carbonyl (C=O) groups excluding carboxylic acids is 1. The van der Waals surface area contributed by atoms with E-state index in [-0.39, 0.29) is 13.4 Å². The average molecular weight is 238 g/mol. The van der Waals surface area contributed by atoms with E-state index in [9.17, 15) is 4.79 Å². The fourth-order valence-electron chi connectivity index (χ4n) is 1.51. The normalized spacial score (nSPS) is 12.5. The van der Waals surface area contributed by atoms with Crippen molar-refractivity contribution in [3.05, 3.63) is 23.8 Å². The zero-order valence-corrected chi connectivity index (χ0v) is 9.27. The number of ether oxygens (including phenoxy) is 3. The SMILES string of the molecule is NC(=O)OCCNCc1ccc2c(c1)OCO2. The van der Waals surface area contributed by atoms with Gasteiger partial charge >= 0.3 is 6.09 Å². The Morgan fingerprint density at radius 1 is 1.41 bits per heavy atom. The summed E-state index contributed by atoms with van der Waals surface area (Å²) in [5, 5.41) is 3.12. The second-order valence-electron chi connectivity index (χ2n) is 3.53. The largest absolute Gasteiger partial charge is 0.454 e. The van der Waals surface area contributed by atoms with Crippen LogP contribution in [0, 0.1) is 0 Å². The van der Waals surface area contributed by atoms with Gasteiger partial charge in [-0.25, -0.2) is 4.79 Å². The molecule has 0 aromatic heterocycles. The first-order valence-corrected chi connectivity index (χ1v) is 5.27. The summed E-state index contributed by atoms with van der Waals surface area (Å²) < 4.78 is 15.1. The molecular weight excluding hydrogens is 224 g/mol. The number of rotatable bonds is 5. The lowest BCUT2D eigenvalue weighted by atomic mass is 10.2. The number of hydrogen-bond donors (Lipinski definition) is 2.